The zero-order valence-electron chi connectivity index (χ0n) is 18.7. The van der Waals surface area contributed by atoms with Crippen molar-refractivity contribution in [3.05, 3.63) is 58.7 Å². The number of fused-ring (bicyclic) bond motifs is 3. The molecule has 0 saturated carbocycles. The van der Waals surface area contributed by atoms with Gasteiger partial charge in [-0.1, -0.05) is 51.1 Å². The maximum atomic E-state index is 13.3. The first-order valence-electron chi connectivity index (χ1n) is 10.2. The van der Waals surface area contributed by atoms with Gasteiger partial charge in [-0.25, -0.2) is 0 Å². The second-order valence-corrected chi connectivity index (χ2v) is 9.92. The van der Waals surface area contributed by atoms with Crippen molar-refractivity contribution in [2.45, 2.75) is 71.5 Å². The first kappa shape index (κ1) is 21.8. The highest BCUT2D eigenvalue weighted by Gasteiger charge is 2.37. The Balaban J connectivity index is 1.86. The van der Waals surface area contributed by atoms with Gasteiger partial charge in [0.25, 0.3) is 8.05 Å². The average Bonchev–Trinajstić information content (AvgIpc) is 2.94. The predicted octanol–water partition coefficient (Wildman–Crippen LogP) is 5.41. The van der Waals surface area contributed by atoms with Gasteiger partial charge < -0.3 is 9.39 Å². The first-order chi connectivity index (χ1) is 13.4. The molecular weight excluding hydrogens is 359 g/mol. The van der Waals surface area contributed by atoms with Crippen LogP contribution in [-0.2, 0) is 21.2 Å². The van der Waals surface area contributed by atoms with Crippen molar-refractivity contribution >= 4 is 13.8 Å². The van der Waals surface area contributed by atoms with Gasteiger partial charge in [0, 0.05) is 11.1 Å². The van der Waals surface area contributed by atoms with Crippen LogP contribution < -0.4 is 0 Å². The van der Waals surface area contributed by atoms with Crippen LogP contribution in [0.15, 0.2) is 36.4 Å². The lowest BCUT2D eigenvalue weighted by molar-refractivity contribution is -0.131. The Morgan fingerprint density at radius 1 is 0.862 bits per heavy atom. The molecule has 0 aliphatic heterocycles. The van der Waals surface area contributed by atoms with E-state index in [1.807, 2.05) is 45.9 Å². The smallest absolute Gasteiger partial charge is 0.283 e. The van der Waals surface area contributed by atoms with Crippen LogP contribution in [0.2, 0.25) is 0 Å². The minimum atomic E-state index is -0.624. The highest BCUT2D eigenvalue weighted by molar-refractivity contribution is 6.22. The Morgan fingerprint density at radius 2 is 1.55 bits per heavy atom. The average molecular weight is 390 g/mol. The number of ketones is 1. The molecule has 1 aliphatic carbocycles. The van der Waals surface area contributed by atoms with E-state index >= 15 is 0 Å². The predicted molar refractivity (Wildman–Crippen MR) is 119 cm³/mol. The van der Waals surface area contributed by atoms with Gasteiger partial charge in [0.1, 0.15) is 0 Å². The molecule has 0 atom stereocenters. The van der Waals surface area contributed by atoms with Gasteiger partial charge >= 0.3 is 0 Å². The first-order valence-corrected chi connectivity index (χ1v) is 10.2. The van der Waals surface area contributed by atoms with Crippen molar-refractivity contribution in [3.8, 4) is 11.1 Å². The Hall–Kier alpha value is -1.91. The Bertz CT molecular complexity index is 936. The Morgan fingerprint density at radius 3 is 2.17 bits per heavy atom. The van der Waals surface area contributed by atoms with Gasteiger partial charge in [-0.15, -0.1) is 0 Å². The van der Waals surface area contributed by atoms with Crippen LogP contribution in [0.1, 0.15) is 75.5 Å². The molecule has 0 unspecified atom stereocenters. The van der Waals surface area contributed by atoms with E-state index < -0.39 is 11.2 Å². The zero-order chi connectivity index (χ0) is 21.6. The van der Waals surface area contributed by atoms with Crippen molar-refractivity contribution in [1.29, 1.82) is 0 Å². The summed E-state index contributed by atoms with van der Waals surface area (Å²) in [6, 6.07) is 12.4. The van der Waals surface area contributed by atoms with Crippen molar-refractivity contribution in [1.82, 2.24) is 0 Å². The molecule has 0 bridgehead atoms. The van der Waals surface area contributed by atoms with Crippen molar-refractivity contribution in [2.75, 3.05) is 6.61 Å². The minimum absolute atomic E-state index is 0.00417. The van der Waals surface area contributed by atoms with Crippen LogP contribution in [0.4, 0.5) is 0 Å². The third-order valence-electron chi connectivity index (χ3n) is 6.38. The largest absolute Gasteiger partial charge is 0.440 e. The molecule has 29 heavy (non-hydrogen) atoms. The number of rotatable bonds is 6. The lowest BCUT2D eigenvalue weighted by atomic mass is 9.85. The molecule has 0 heterocycles. The summed E-state index contributed by atoms with van der Waals surface area (Å²) >= 11 is 0. The van der Waals surface area contributed by atoms with Crippen LogP contribution in [0.3, 0.4) is 0 Å². The van der Waals surface area contributed by atoms with E-state index in [9.17, 15) is 4.79 Å². The molecule has 0 spiro atoms. The molecule has 3 rings (SSSR count). The minimum Gasteiger partial charge on any atom is -0.440 e. The van der Waals surface area contributed by atoms with Crippen LogP contribution in [0.5, 0.6) is 0 Å². The monoisotopic (exact) mass is 390 g/mol. The molecule has 2 aromatic rings. The van der Waals surface area contributed by atoms with E-state index in [0.717, 1.165) is 27.8 Å². The molecular formula is C25H31BO3. The second kappa shape index (κ2) is 7.41. The van der Waals surface area contributed by atoms with Crippen LogP contribution >= 0.6 is 0 Å². The molecule has 1 aliphatic rings. The molecule has 0 amide bonds. The summed E-state index contributed by atoms with van der Waals surface area (Å²) in [5, 5.41) is 0. The maximum absolute atomic E-state index is 13.3. The number of benzene rings is 2. The van der Waals surface area contributed by atoms with Gasteiger partial charge in [-0.2, -0.15) is 0 Å². The highest BCUT2D eigenvalue weighted by atomic mass is 16.5. The number of hydrogen-bond acceptors (Lipinski definition) is 3. The number of carbonyl (C=O) groups excluding carboxylic acids is 1. The fraction of sp³-hybridized carbons (Fsp3) is 0.480. The van der Waals surface area contributed by atoms with E-state index in [4.69, 9.17) is 17.4 Å². The number of carbonyl (C=O) groups is 1. The van der Waals surface area contributed by atoms with E-state index in [1.54, 1.807) is 0 Å². The maximum Gasteiger partial charge on any atom is 0.283 e. The Kier molecular flexibility index (Phi) is 5.57. The van der Waals surface area contributed by atoms with Gasteiger partial charge in [-0.3, -0.25) is 4.79 Å². The van der Waals surface area contributed by atoms with Gasteiger partial charge in [0.2, 0.25) is 0 Å². The molecule has 0 saturated heterocycles. The van der Waals surface area contributed by atoms with Crippen LogP contribution in [0, 0.1) is 0 Å². The normalized spacial score (nSPS) is 14.1. The third kappa shape index (κ3) is 3.93. The van der Waals surface area contributed by atoms with Crippen molar-refractivity contribution < 1.29 is 14.2 Å². The topological polar surface area (TPSA) is 35.5 Å². The van der Waals surface area contributed by atoms with Gasteiger partial charge in [0.15, 0.2) is 5.78 Å². The molecule has 152 valence electrons. The van der Waals surface area contributed by atoms with Gasteiger partial charge in [0.05, 0.1) is 17.8 Å². The fourth-order valence-electron chi connectivity index (χ4n) is 3.60. The summed E-state index contributed by atoms with van der Waals surface area (Å²) in [4.78, 5) is 13.3. The highest BCUT2D eigenvalue weighted by Crippen LogP contribution is 2.40. The second-order valence-electron chi connectivity index (χ2n) is 9.92. The fourth-order valence-corrected chi connectivity index (χ4v) is 3.60. The molecule has 0 aromatic heterocycles. The van der Waals surface area contributed by atoms with Gasteiger partial charge in [-0.05, 0) is 67.9 Å². The molecule has 2 aromatic carbocycles. The summed E-state index contributed by atoms with van der Waals surface area (Å²) in [7, 11) is 5.43. The van der Waals surface area contributed by atoms with Crippen LogP contribution in [-0.4, -0.2) is 31.6 Å². The molecule has 0 fully saturated rings. The summed E-state index contributed by atoms with van der Waals surface area (Å²) < 4.78 is 11.2. The molecule has 3 nitrogen and oxygen atoms in total. The Labute approximate surface area is 176 Å². The molecule has 0 N–H and O–H groups in total. The lowest BCUT2D eigenvalue weighted by Crippen LogP contribution is -2.49. The number of ether oxygens (including phenoxy) is 1. The quantitative estimate of drug-likeness (QED) is 0.528. The number of hydrogen-bond donors (Lipinski definition) is 0. The standard InChI is InChI=1S/C25H31BO3/c1-23(2,3)17-11-12-18-19-10-8-9-16(21(19)22(27)20(18)15-17)13-14-28-24(4,5)25(6,7)29-26/h8-12,15H,13-14H2,1-7H3. The summed E-state index contributed by atoms with van der Waals surface area (Å²) in [5.74, 6) is 0.113. The summed E-state index contributed by atoms with van der Waals surface area (Å²) in [6.07, 6.45) is 0.652. The molecule has 4 heteroatoms. The zero-order valence-corrected chi connectivity index (χ0v) is 18.7. The van der Waals surface area contributed by atoms with E-state index in [-0.39, 0.29) is 11.2 Å². The van der Waals surface area contributed by atoms with E-state index in [2.05, 4.69) is 39.0 Å². The summed E-state index contributed by atoms with van der Waals surface area (Å²) in [6.45, 7) is 14.7. The van der Waals surface area contributed by atoms with Crippen LogP contribution in [0.25, 0.3) is 11.1 Å². The molecule has 2 radical (unpaired) electrons. The van der Waals surface area contributed by atoms with Crippen molar-refractivity contribution in [3.63, 3.8) is 0 Å². The lowest BCUT2D eigenvalue weighted by Gasteiger charge is -2.41. The van der Waals surface area contributed by atoms with Crippen molar-refractivity contribution in [2.24, 2.45) is 0 Å². The van der Waals surface area contributed by atoms with E-state index in [0.29, 0.717) is 13.0 Å². The third-order valence-corrected chi connectivity index (χ3v) is 6.38. The SMILES string of the molecule is [B]OC(C)(C)C(C)(C)OCCc1cccc2c1C(=O)c1cc(C(C)(C)C)ccc1-2. The van der Waals surface area contributed by atoms with E-state index in [1.165, 1.54) is 5.56 Å². The summed E-state index contributed by atoms with van der Waals surface area (Å²) in [5.41, 5.74) is 4.67.